The molecule has 2 aromatic rings. The highest BCUT2D eigenvalue weighted by Gasteiger charge is 2.15. The normalized spacial score (nSPS) is 20.4. The van der Waals surface area contributed by atoms with Gasteiger partial charge in [0.25, 0.3) is 0 Å². The van der Waals surface area contributed by atoms with Crippen molar-refractivity contribution in [2.24, 2.45) is 0 Å². The fourth-order valence-corrected chi connectivity index (χ4v) is 2.25. The Kier molecular flexibility index (Phi) is 2.29. The Hall–Kier alpha value is -1.55. The predicted octanol–water partition coefficient (Wildman–Crippen LogP) is 1.42. The first-order valence-corrected chi connectivity index (χ1v) is 5.74. The second-order valence-corrected chi connectivity index (χ2v) is 4.37. The molecule has 0 aliphatic carbocycles. The van der Waals surface area contributed by atoms with Gasteiger partial charge in [-0.15, -0.1) is 0 Å². The Morgan fingerprint density at radius 1 is 1.56 bits per heavy atom. The molecule has 0 bridgehead atoms. The van der Waals surface area contributed by atoms with Gasteiger partial charge in [0.2, 0.25) is 0 Å². The lowest BCUT2D eigenvalue weighted by Gasteiger charge is -2.13. The minimum Gasteiger partial charge on any atom is -0.364 e. The van der Waals surface area contributed by atoms with Crippen molar-refractivity contribution in [3.8, 4) is 0 Å². The molecule has 1 saturated heterocycles. The van der Waals surface area contributed by atoms with E-state index in [1.54, 1.807) is 0 Å². The molecule has 0 spiro atoms. The van der Waals surface area contributed by atoms with Crippen molar-refractivity contribution in [2.75, 3.05) is 18.4 Å². The van der Waals surface area contributed by atoms with Gasteiger partial charge in [0, 0.05) is 25.0 Å². The van der Waals surface area contributed by atoms with Crippen LogP contribution in [0, 0.1) is 6.92 Å². The Morgan fingerprint density at radius 2 is 2.50 bits per heavy atom. The zero-order valence-electron chi connectivity index (χ0n) is 9.40. The van der Waals surface area contributed by atoms with Crippen LogP contribution in [0.25, 0.3) is 5.52 Å². The maximum absolute atomic E-state index is 4.58. The Labute approximate surface area is 94.7 Å². The van der Waals surface area contributed by atoms with E-state index in [0.717, 1.165) is 30.1 Å². The largest absolute Gasteiger partial charge is 0.364 e. The van der Waals surface area contributed by atoms with Gasteiger partial charge < -0.3 is 15.0 Å². The number of aryl methyl sites for hydroxylation is 1. The fraction of sp³-hybridized carbons (Fsp3) is 0.417. The quantitative estimate of drug-likeness (QED) is 0.797. The van der Waals surface area contributed by atoms with Crippen LogP contribution in [0.4, 0.5) is 5.82 Å². The van der Waals surface area contributed by atoms with E-state index >= 15 is 0 Å². The maximum atomic E-state index is 4.58. The van der Waals surface area contributed by atoms with Gasteiger partial charge >= 0.3 is 0 Å². The third kappa shape index (κ3) is 1.65. The van der Waals surface area contributed by atoms with Gasteiger partial charge in [-0.2, -0.15) is 0 Å². The number of nitrogens with zero attached hydrogens (tertiary/aromatic N) is 2. The van der Waals surface area contributed by atoms with E-state index in [-0.39, 0.29) is 0 Å². The Balaban J connectivity index is 1.97. The molecule has 0 saturated carbocycles. The van der Waals surface area contributed by atoms with E-state index < -0.39 is 0 Å². The smallest absolute Gasteiger partial charge is 0.150 e. The van der Waals surface area contributed by atoms with Gasteiger partial charge in [0.1, 0.15) is 0 Å². The number of anilines is 1. The van der Waals surface area contributed by atoms with Crippen LogP contribution >= 0.6 is 0 Å². The summed E-state index contributed by atoms with van der Waals surface area (Å²) in [5.74, 6) is 0.999. The van der Waals surface area contributed by atoms with Gasteiger partial charge in [-0.3, -0.25) is 0 Å². The molecule has 1 aliphatic heterocycles. The molecule has 1 fully saturated rings. The van der Waals surface area contributed by atoms with E-state index in [1.165, 1.54) is 6.42 Å². The van der Waals surface area contributed by atoms with Gasteiger partial charge in [-0.1, -0.05) is 0 Å². The number of hydrogen-bond acceptors (Lipinski definition) is 3. The summed E-state index contributed by atoms with van der Waals surface area (Å²) in [6.07, 6.45) is 5.28. The lowest BCUT2D eigenvalue weighted by atomic mass is 10.2. The first-order chi connectivity index (χ1) is 7.83. The predicted molar refractivity (Wildman–Crippen MR) is 64.8 cm³/mol. The summed E-state index contributed by atoms with van der Waals surface area (Å²) in [5, 5.41) is 6.87. The van der Waals surface area contributed by atoms with E-state index in [2.05, 4.69) is 38.3 Å². The van der Waals surface area contributed by atoms with Gasteiger partial charge in [-0.25, -0.2) is 4.98 Å². The van der Waals surface area contributed by atoms with Crippen LogP contribution in [-0.2, 0) is 0 Å². The third-order valence-corrected chi connectivity index (χ3v) is 3.04. The summed E-state index contributed by atoms with van der Waals surface area (Å²) in [5.41, 5.74) is 2.19. The van der Waals surface area contributed by atoms with Crippen molar-refractivity contribution in [1.82, 2.24) is 14.7 Å². The first kappa shape index (κ1) is 9.66. The first-order valence-electron chi connectivity index (χ1n) is 5.74. The second kappa shape index (κ2) is 3.79. The second-order valence-electron chi connectivity index (χ2n) is 4.37. The average molecular weight is 216 g/mol. The molecule has 1 aliphatic rings. The van der Waals surface area contributed by atoms with Crippen molar-refractivity contribution in [3.05, 3.63) is 30.2 Å². The summed E-state index contributed by atoms with van der Waals surface area (Å²) in [4.78, 5) is 4.58. The topological polar surface area (TPSA) is 41.4 Å². The van der Waals surface area contributed by atoms with Crippen molar-refractivity contribution in [3.63, 3.8) is 0 Å². The van der Waals surface area contributed by atoms with Crippen LogP contribution in [0.15, 0.2) is 24.5 Å². The van der Waals surface area contributed by atoms with Crippen molar-refractivity contribution < 1.29 is 0 Å². The molecule has 0 amide bonds. The average Bonchev–Trinajstić information content (AvgIpc) is 2.87. The van der Waals surface area contributed by atoms with Crippen LogP contribution in [-0.4, -0.2) is 28.5 Å². The number of fused-ring (bicyclic) bond motifs is 1. The van der Waals surface area contributed by atoms with Crippen LogP contribution < -0.4 is 10.6 Å². The molecule has 4 heteroatoms. The number of rotatable bonds is 2. The number of nitrogens with one attached hydrogen (secondary N) is 2. The van der Waals surface area contributed by atoms with E-state index in [1.807, 2.05) is 13.1 Å². The highest BCUT2D eigenvalue weighted by molar-refractivity contribution is 5.68. The van der Waals surface area contributed by atoms with Crippen LogP contribution in [0.2, 0.25) is 0 Å². The van der Waals surface area contributed by atoms with Crippen molar-refractivity contribution in [1.29, 1.82) is 0 Å². The van der Waals surface area contributed by atoms with Gasteiger partial charge in [0.15, 0.2) is 5.82 Å². The molecule has 0 aromatic carbocycles. The maximum Gasteiger partial charge on any atom is 0.150 e. The molecular weight excluding hydrogens is 200 g/mol. The monoisotopic (exact) mass is 216 g/mol. The highest BCUT2D eigenvalue weighted by atomic mass is 15.1. The van der Waals surface area contributed by atoms with E-state index in [0.29, 0.717) is 6.04 Å². The fourth-order valence-electron chi connectivity index (χ4n) is 2.25. The molecular formula is C12H16N4. The van der Waals surface area contributed by atoms with Gasteiger partial charge in [-0.05, 0) is 32.0 Å². The van der Waals surface area contributed by atoms with Crippen LogP contribution in [0.5, 0.6) is 0 Å². The minimum atomic E-state index is 0.507. The number of aromatic nitrogens is 2. The lowest BCUT2D eigenvalue weighted by Crippen LogP contribution is -2.23. The van der Waals surface area contributed by atoms with Crippen molar-refractivity contribution >= 4 is 11.3 Å². The summed E-state index contributed by atoms with van der Waals surface area (Å²) < 4.78 is 2.12. The summed E-state index contributed by atoms with van der Waals surface area (Å²) in [7, 11) is 0. The van der Waals surface area contributed by atoms with Crippen LogP contribution in [0.3, 0.4) is 0 Å². The molecule has 1 unspecified atom stereocenters. The van der Waals surface area contributed by atoms with Crippen molar-refractivity contribution in [2.45, 2.75) is 19.4 Å². The zero-order chi connectivity index (χ0) is 11.0. The molecule has 84 valence electrons. The Bertz CT molecular complexity index is 497. The Morgan fingerprint density at radius 3 is 3.31 bits per heavy atom. The molecule has 2 aromatic heterocycles. The molecule has 4 nitrogen and oxygen atoms in total. The molecule has 3 rings (SSSR count). The molecule has 16 heavy (non-hydrogen) atoms. The van der Waals surface area contributed by atoms with E-state index in [9.17, 15) is 0 Å². The summed E-state index contributed by atoms with van der Waals surface area (Å²) >= 11 is 0. The van der Waals surface area contributed by atoms with E-state index in [4.69, 9.17) is 0 Å². The molecule has 2 N–H and O–H groups in total. The van der Waals surface area contributed by atoms with Gasteiger partial charge in [0.05, 0.1) is 11.2 Å². The zero-order valence-corrected chi connectivity index (χ0v) is 9.40. The summed E-state index contributed by atoms with van der Waals surface area (Å²) in [6, 6.07) is 4.65. The molecule has 1 atom stereocenters. The highest BCUT2D eigenvalue weighted by Crippen LogP contribution is 2.18. The molecule has 0 radical (unpaired) electrons. The molecule has 3 heterocycles. The summed E-state index contributed by atoms with van der Waals surface area (Å²) in [6.45, 7) is 4.15. The minimum absolute atomic E-state index is 0.507. The van der Waals surface area contributed by atoms with Crippen LogP contribution in [0.1, 0.15) is 12.1 Å². The SMILES string of the molecule is Cc1cn2cccc2c(NC2CCNC2)n1. The lowest BCUT2D eigenvalue weighted by molar-refractivity contribution is 0.787. The third-order valence-electron chi connectivity index (χ3n) is 3.04. The number of hydrogen-bond donors (Lipinski definition) is 2. The standard InChI is InChI=1S/C12H16N4/c1-9-8-16-6-2-3-11(16)12(14-9)15-10-4-5-13-7-10/h2-3,6,8,10,13H,4-5,7H2,1H3,(H,14,15).